The lowest BCUT2D eigenvalue weighted by Crippen LogP contribution is -2.25. The summed E-state index contributed by atoms with van der Waals surface area (Å²) in [7, 11) is 0. The predicted molar refractivity (Wildman–Crippen MR) is 56.5 cm³/mol. The summed E-state index contributed by atoms with van der Waals surface area (Å²) in [6.07, 6.45) is 3.65. The molecule has 0 spiro atoms. The first kappa shape index (κ1) is 9.45. The lowest BCUT2D eigenvalue weighted by molar-refractivity contribution is -0.117. The Balaban J connectivity index is 2.32. The number of hydrogen-bond acceptors (Lipinski definition) is 4. The van der Waals surface area contributed by atoms with Crippen molar-refractivity contribution < 1.29 is 4.79 Å². The van der Waals surface area contributed by atoms with Crippen LogP contribution in [0.3, 0.4) is 0 Å². The quantitative estimate of drug-likeness (QED) is 0.696. The number of carbonyl (C=O) groups excluding carboxylic acids is 1. The molecular weight excluding hydrogens is 198 g/mol. The highest BCUT2D eigenvalue weighted by Crippen LogP contribution is 2.24. The average molecular weight is 209 g/mol. The van der Waals surface area contributed by atoms with Gasteiger partial charge in [0.05, 0.1) is 17.6 Å². The van der Waals surface area contributed by atoms with E-state index in [9.17, 15) is 4.79 Å². The van der Waals surface area contributed by atoms with Gasteiger partial charge in [-0.15, -0.1) is 0 Å². The van der Waals surface area contributed by atoms with Crippen molar-refractivity contribution in [1.82, 2.24) is 9.97 Å². The maximum atomic E-state index is 11.6. The molecule has 4 nitrogen and oxygen atoms in total. The number of nitrogens with zero attached hydrogens (tertiary/aromatic N) is 3. The summed E-state index contributed by atoms with van der Waals surface area (Å²) in [5.74, 6) is 0.0999. The number of rotatable bonds is 1. The van der Waals surface area contributed by atoms with Crippen LogP contribution in [-0.2, 0) is 4.79 Å². The summed E-state index contributed by atoms with van der Waals surface area (Å²) >= 11 is 4.29. The number of hydrogen-bond donors (Lipinski definition) is 1. The first-order valence-electron chi connectivity index (χ1n) is 4.43. The summed E-state index contributed by atoms with van der Waals surface area (Å²) in [5, 5.41) is 0.127. The van der Waals surface area contributed by atoms with E-state index in [1.807, 2.05) is 6.92 Å². The molecule has 1 aromatic rings. The van der Waals surface area contributed by atoms with Gasteiger partial charge in [0.2, 0.25) is 5.91 Å². The molecule has 2 rings (SSSR count). The molecule has 74 valence electrons. The molecule has 0 bridgehead atoms. The van der Waals surface area contributed by atoms with E-state index in [4.69, 9.17) is 0 Å². The normalized spacial score (nSPS) is 21.7. The van der Waals surface area contributed by atoms with Crippen molar-refractivity contribution in [2.75, 3.05) is 11.4 Å². The average Bonchev–Trinajstić information content (AvgIpc) is 2.46. The van der Waals surface area contributed by atoms with E-state index < -0.39 is 0 Å². The Morgan fingerprint density at radius 2 is 2.43 bits per heavy atom. The van der Waals surface area contributed by atoms with Crippen LogP contribution in [0.15, 0.2) is 12.5 Å². The number of aromatic nitrogens is 2. The van der Waals surface area contributed by atoms with Gasteiger partial charge in [0.15, 0.2) is 0 Å². The van der Waals surface area contributed by atoms with Gasteiger partial charge in [-0.2, -0.15) is 12.6 Å². The summed E-state index contributed by atoms with van der Waals surface area (Å²) < 4.78 is 0. The Morgan fingerprint density at radius 3 is 3.00 bits per heavy atom. The highest BCUT2D eigenvalue weighted by atomic mass is 32.1. The molecule has 1 aliphatic heterocycles. The van der Waals surface area contributed by atoms with Gasteiger partial charge in [-0.05, 0) is 6.92 Å². The lowest BCUT2D eigenvalue weighted by Gasteiger charge is -2.16. The Kier molecular flexibility index (Phi) is 2.41. The third kappa shape index (κ3) is 1.59. The summed E-state index contributed by atoms with van der Waals surface area (Å²) in [5.41, 5.74) is 1.63. The fraction of sp³-hybridized carbons (Fsp3) is 0.444. The van der Waals surface area contributed by atoms with Crippen molar-refractivity contribution in [3.63, 3.8) is 0 Å². The monoisotopic (exact) mass is 209 g/mol. The minimum absolute atomic E-state index is 0.0999. The van der Waals surface area contributed by atoms with Crippen LogP contribution in [-0.4, -0.2) is 27.7 Å². The standard InChI is InChI=1S/C9H11N3OS/c1-6-8(3-10-5-11-6)12-4-7(14)2-9(12)13/h3,5,7,14H,2,4H2,1H3. The van der Waals surface area contributed by atoms with Gasteiger partial charge in [-0.3, -0.25) is 4.79 Å². The molecule has 1 aliphatic rings. The second kappa shape index (κ2) is 3.57. The Labute approximate surface area is 87.8 Å². The number of thiol groups is 1. The van der Waals surface area contributed by atoms with Gasteiger partial charge in [-0.1, -0.05) is 0 Å². The summed E-state index contributed by atoms with van der Waals surface area (Å²) in [4.78, 5) is 21.2. The molecule has 0 saturated carbocycles. The number of anilines is 1. The molecule has 1 fully saturated rings. The number of aryl methyl sites for hydroxylation is 1. The van der Waals surface area contributed by atoms with Crippen molar-refractivity contribution in [2.45, 2.75) is 18.6 Å². The van der Waals surface area contributed by atoms with E-state index in [2.05, 4.69) is 22.6 Å². The molecule has 0 aliphatic carbocycles. The highest BCUT2D eigenvalue weighted by Gasteiger charge is 2.29. The van der Waals surface area contributed by atoms with Gasteiger partial charge >= 0.3 is 0 Å². The van der Waals surface area contributed by atoms with Crippen LogP contribution in [0.5, 0.6) is 0 Å². The fourth-order valence-electron chi connectivity index (χ4n) is 1.57. The summed E-state index contributed by atoms with van der Waals surface area (Å²) in [6.45, 7) is 2.52. The van der Waals surface area contributed by atoms with E-state index in [0.717, 1.165) is 11.4 Å². The fourth-order valence-corrected chi connectivity index (χ4v) is 1.89. The molecule has 2 heterocycles. The number of amides is 1. The zero-order valence-corrected chi connectivity index (χ0v) is 8.74. The smallest absolute Gasteiger partial charge is 0.228 e. The highest BCUT2D eigenvalue weighted by molar-refractivity contribution is 7.81. The van der Waals surface area contributed by atoms with E-state index >= 15 is 0 Å². The summed E-state index contributed by atoms with van der Waals surface area (Å²) in [6, 6.07) is 0. The van der Waals surface area contributed by atoms with Crippen molar-refractivity contribution >= 4 is 24.2 Å². The molecule has 1 atom stereocenters. The third-order valence-corrected chi connectivity index (χ3v) is 2.63. The molecule has 0 radical (unpaired) electrons. The van der Waals surface area contributed by atoms with E-state index in [-0.39, 0.29) is 11.2 Å². The van der Waals surface area contributed by atoms with Crippen LogP contribution in [0.4, 0.5) is 5.69 Å². The molecule has 1 amide bonds. The van der Waals surface area contributed by atoms with Crippen LogP contribution in [0, 0.1) is 6.92 Å². The molecule has 0 aromatic carbocycles. The zero-order chi connectivity index (χ0) is 10.1. The first-order chi connectivity index (χ1) is 6.68. The molecule has 1 saturated heterocycles. The van der Waals surface area contributed by atoms with Gasteiger partial charge in [0, 0.05) is 18.2 Å². The van der Waals surface area contributed by atoms with Gasteiger partial charge in [0.1, 0.15) is 6.33 Å². The van der Waals surface area contributed by atoms with Crippen molar-refractivity contribution in [3.05, 3.63) is 18.2 Å². The van der Waals surface area contributed by atoms with Crippen LogP contribution < -0.4 is 4.90 Å². The van der Waals surface area contributed by atoms with Crippen molar-refractivity contribution in [1.29, 1.82) is 0 Å². The lowest BCUT2D eigenvalue weighted by atomic mass is 10.3. The maximum absolute atomic E-state index is 11.6. The Bertz CT molecular complexity index is 369. The van der Waals surface area contributed by atoms with Gasteiger partial charge in [-0.25, -0.2) is 9.97 Å². The van der Waals surface area contributed by atoms with Gasteiger partial charge < -0.3 is 4.90 Å². The SMILES string of the molecule is Cc1ncncc1N1CC(S)CC1=O. The van der Waals surface area contributed by atoms with Crippen LogP contribution in [0.2, 0.25) is 0 Å². The molecule has 1 aromatic heterocycles. The van der Waals surface area contributed by atoms with E-state index in [0.29, 0.717) is 13.0 Å². The predicted octanol–water partition coefficient (Wildman–Crippen LogP) is 0.820. The van der Waals surface area contributed by atoms with E-state index in [1.54, 1.807) is 11.1 Å². The van der Waals surface area contributed by atoms with Gasteiger partial charge in [0.25, 0.3) is 0 Å². The molecule has 0 N–H and O–H groups in total. The maximum Gasteiger partial charge on any atom is 0.228 e. The minimum Gasteiger partial charge on any atom is -0.308 e. The molecular formula is C9H11N3OS. The molecule has 1 unspecified atom stereocenters. The first-order valence-corrected chi connectivity index (χ1v) is 4.95. The second-order valence-electron chi connectivity index (χ2n) is 3.36. The van der Waals surface area contributed by atoms with Crippen LogP contribution in [0.1, 0.15) is 12.1 Å². The second-order valence-corrected chi connectivity index (χ2v) is 4.09. The largest absolute Gasteiger partial charge is 0.308 e. The molecule has 5 heteroatoms. The van der Waals surface area contributed by atoms with Crippen molar-refractivity contribution in [2.24, 2.45) is 0 Å². The topological polar surface area (TPSA) is 46.1 Å². The number of carbonyl (C=O) groups is 1. The Morgan fingerprint density at radius 1 is 1.64 bits per heavy atom. The third-order valence-electron chi connectivity index (χ3n) is 2.28. The van der Waals surface area contributed by atoms with Crippen LogP contribution >= 0.6 is 12.6 Å². The Hall–Kier alpha value is -1.10. The minimum atomic E-state index is 0.0999. The zero-order valence-electron chi connectivity index (χ0n) is 7.84. The van der Waals surface area contributed by atoms with Crippen molar-refractivity contribution in [3.8, 4) is 0 Å². The van der Waals surface area contributed by atoms with Crippen LogP contribution in [0.25, 0.3) is 0 Å². The van der Waals surface area contributed by atoms with E-state index in [1.165, 1.54) is 6.33 Å². The molecule has 14 heavy (non-hydrogen) atoms.